The number of benzene rings is 3. The van der Waals surface area contributed by atoms with E-state index in [1.54, 1.807) is 0 Å². The van der Waals surface area contributed by atoms with Gasteiger partial charge in [-0.25, -0.2) is 0 Å². The molecule has 3 aromatic rings. The van der Waals surface area contributed by atoms with Gasteiger partial charge < -0.3 is 4.74 Å². The van der Waals surface area contributed by atoms with Crippen LogP contribution in [0.15, 0.2) is 66.7 Å². The van der Waals surface area contributed by atoms with Gasteiger partial charge in [-0.05, 0) is 30.5 Å². The zero-order valence-corrected chi connectivity index (χ0v) is 12.3. The Morgan fingerprint density at radius 1 is 0.700 bits per heavy atom. The number of aryl methyl sites for hydroxylation is 1. The SMILES string of the molecule is CC.Cc1ccc(Oc2cccc3ccccc23)cc1. The van der Waals surface area contributed by atoms with Gasteiger partial charge in [-0.15, -0.1) is 0 Å². The molecule has 0 aliphatic rings. The van der Waals surface area contributed by atoms with E-state index in [0.717, 1.165) is 16.9 Å². The molecule has 0 heterocycles. The average molecular weight is 264 g/mol. The molecule has 0 amide bonds. The number of rotatable bonds is 2. The van der Waals surface area contributed by atoms with E-state index in [0.29, 0.717) is 0 Å². The summed E-state index contributed by atoms with van der Waals surface area (Å²) >= 11 is 0. The van der Waals surface area contributed by atoms with Gasteiger partial charge in [0.2, 0.25) is 0 Å². The molecule has 0 fully saturated rings. The van der Waals surface area contributed by atoms with Crippen molar-refractivity contribution in [3.8, 4) is 11.5 Å². The molecule has 3 aromatic carbocycles. The van der Waals surface area contributed by atoms with Crippen molar-refractivity contribution >= 4 is 10.8 Å². The van der Waals surface area contributed by atoms with Crippen molar-refractivity contribution in [2.45, 2.75) is 20.8 Å². The van der Waals surface area contributed by atoms with Crippen LogP contribution < -0.4 is 4.74 Å². The van der Waals surface area contributed by atoms with E-state index in [9.17, 15) is 0 Å². The first-order valence-corrected chi connectivity index (χ1v) is 7.05. The normalized spacial score (nSPS) is 9.75. The lowest BCUT2D eigenvalue weighted by Crippen LogP contribution is -1.85. The summed E-state index contributed by atoms with van der Waals surface area (Å²) in [6.45, 7) is 6.07. The topological polar surface area (TPSA) is 9.23 Å². The molecular formula is C19H20O. The van der Waals surface area contributed by atoms with Crippen LogP contribution in [-0.4, -0.2) is 0 Å². The number of fused-ring (bicyclic) bond motifs is 1. The zero-order chi connectivity index (χ0) is 14.4. The molecule has 0 saturated carbocycles. The zero-order valence-electron chi connectivity index (χ0n) is 12.3. The fourth-order valence-corrected chi connectivity index (χ4v) is 2.02. The van der Waals surface area contributed by atoms with Crippen molar-refractivity contribution < 1.29 is 4.74 Å². The second-order valence-corrected chi connectivity index (χ2v) is 4.39. The highest BCUT2D eigenvalue weighted by molar-refractivity contribution is 5.88. The highest BCUT2D eigenvalue weighted by Gasteiger charge is 2.02. The van der Waals surface area contributed by atoms with E-state index in [-0.39, 0.29) is 0 Å². The Kier molecular flexibility index (Phi) is 4.78. The number of hydrogen-bond acceptors (Lipinski definition) is 1. The molecule has 0 aromatic heterocycles. The smallest absolute Gasteiger partial charge is 0.135 e. The summed E-state index contributed by atoms with van der Waals surface area (Å²) in [4.78, 5) is 0. The molecule has 0 spiro atoms. The molecule has 3 rings (SSSR count). The van der Waals surface area contributed by atoms with Crippen molar-refractivity contribution in [1.29, 1.82) is 0 Å². The summed E-state index contributed by atoms with van der Waals surface area (Å²) in [5, 5.41) is 2.34. The van der Waals surface area contributed by atoms with Crippen LogP contribution in [0.2, 0.25) is 0 Å². The van der Waals surface area contributed by atoms with Crippen LogP contribution in [0.3, 0.4) is 0 Å². The minimum atomic E-state index is 0.872. The fraction of sp³-hybridized carbons (Fsp3) is 0.158. The van der Waals surface area contributed by atoms with E-state index >= 15 is 0 Å². The fourth-order valence-electron chi connectivity index (χ4n) is 2.02. The van der Waals surface area contributed by atoms with Crippen LogP contribution in [0.5, 0.6) is 11.5 Å². The van der Waals surface area contributed by atoms with Crippen molar-refractivity contribution in [2.75, 3.05) is 0 Å². The first-order valence-electron chi connectivity index (χ1n) is 7.05. The third-order valence-corrected chi connectivity index (χ3v) is 3.00. The molecule has 0 aliphatic carbocycles. The molecule has 20 heavy (non-hydrogen) atoms. The molecular weight excluding hydrogens is 244 g/mol. The molecule has 0 radical (unpaired) electrons. The van der Waals surface area contributed by atoms with Crippen molar-refractivity contribution in [1.82, 2.24) is 0 Å². The number of hydrogen-bond donors (Lipinski definition) is 0. The second kappa shape index (κ2) is 6.76. The first-order chi connectivity index (χ1) is 9.83. The maximum Gasteiger partial charge on any atom is 0.135 e. The summed E-state index contributed by atoms with van der Waals surface area (Å²) in [5.41, 5.74) is 1.24. The third-order valence-electron chi connectivity index (χ3n) is 3.00. The molecule has 0 unspecified atom stereocenters. The van der Waals surface area contributed by atoms with E-state index in [2.05, 4.69) is 37.3 Å². The Balaban J connectivity index is 0.000000704. The largest absolute Gasteiger partial charge is 0.457 e. The monoisotopic (exact) mass is 264 g/mol. The highest BCUT2D eigenvalue weighted by atomic mass is 16.5. The van der Waals surface area contributed by atoms with Gasteiger partial charge in [0.1, 0.15) is 11.5 Å². The lowest BCUT2D eigenvalue weighted by Gasteiger charge is -2.09. The Morgan fingerprint density at radius 3 is 2.10 bits per heavy atom. The molecule has 0 saturated heterocycles. The molecule has 1 nitrogen and oxygen atoms in total. The standard InChI is InChI=1S/C17H14O.C2H6/c1-13-9-11-15(12-10-13)18-17-8-4-6-14-5-2-3-7-16(14)17;1-2/h2-12H,1H3;1-2H3. The van der Waals surface area contributed by atoms with Crippen LogP contribution in [0.1, 0.15) is 19.4 Å². The summed E-state index contributed by atoms with van der Waals surface area (Å²) in [6, 6.07) is 22.5. The molecule has 0 bridgehead atoms. The van der Waals surface area contributed by atoms with Gasteiger partial charge in [-0.3, -0.25) is 0 Å². The summed E-state index contributed by atoms with van der Waals surface area (Å²) in [5.74, 6) is 1.77. The van der Waals surface area contributed by atoms with Gasteiger partial charge >= 0.3 is 0 Å². The molecule has 0 atom stereocenters. The molecule has 1 heteroatoms. The predicted molar refractivity (Wildman–Crippen MR) is 86.5 cm³/mol. The van der Waals surface area contributed by atoms with Gasteiger partial charge in [0.05, 0.1) is 0 Å². The summed E-state index contributed by atoms with van der Waals surface area (Å²) < 4.78 is 5.95. The lowest BCUT2D eigenvalue weighted by molar-refractivity contribution is 0.488. The predicted octanol–water partition coefficient (Wildman–Crippen LogP) is 5.97. The van der Waals surface area contributed by atoms with Gasteiger partial charge in [0, 0.05) is 5.39 Å². The van der Waals surface area contributed by atoms with Gasteiger partial charge in [0.25, 0.3) is 0 Å². The maximum absolute atomic E-state index is 5.95. The van der Waals surface area contributed by atoms with Crippen LogP contribution >= 0.6 is 0 Å². The summed E-state index contributed by atoms with van der Waals surface area (Å²) in [7, 11) is 0. The first kappa shape index (κ1) is 14.1. The van der Waals surface area contributed by atoms with Crippen LogP contribution in [0.25, 0.3) is 10.8 Å². The minimum absolute atomic E-state index is 0.872. The van der Waals surface area contributed by atoms with Gasteiger partial charge in [-0.1, -0.05) is 67.9 Å². The van der Waals surface area contributed by atoms with E-state index < -0.39 is 0 Å². The van der Waals surface area contributed by atoms with Crippen LogP contribution in [0.4, 0.5) is 0 Å². The summed E-state index contributed by atoms with van der Waals surface area (Å²) in [6.07, 6.45) is 0. The van der Waals surface area contributed by atoms with E-state index in [1.165, 1.54) is 10.9 Å². The van der Waals surface area contributed by atoms with Crippen LogP contribution in [-0.2, 0) is 0 Å². The lowest BCUT2D eigenvalue weighted by atomic mass is 10.1. The van der Waals surface area contributed by atoms with E-state index in [4.69, 9.17) is 4.74 Å². The van der Waals surface area contributed by atoms with Crippen molar-refractivity contribution in [3.63, 3.8) is 0 Å². The Morgan fingerprint density at radius 2 is 1.35 bits per heavy atom. The molecule has 0 N–H and O–H groups in total. The molecule has 102 valence electrons. The molecule has 0 aliphatic heterocycles. The minimum Gasteiger partial charge on any atom is -0.457 e. The second-order valence-electron chi connectivity index (χ2n) is 4.39. The van der Waals surface area contributed by atoms with E-state index in [1.807, 2.05) is 50.2 Å². The quantitative estimate of drug-likeness (QED) is 0.554. The Bertz CT molecular complexity index is 663. The van der Waals surface area contributed by atoms with Gasteiger partial charge in [0.15, 0.2) is 0 Å². The van der Waals surface area contributed by atoms with Gasteiger partial charge in [-0.2, -0.15) is 0 Å². The third kappa shape index (κ3) is 3.18. The van der Waals surface area contributed by atoms with Crippen molar-refractivity contribution in [3.05, 3.63) is 72.3 Å². The highest BCUT2D eigenvalue weighted by Crippen LogP contribution is 2.29. The Labute approximate surface area is 120 Å². The Hall–Kier alpha value is -2.28. The number of ether oxygens (including phenoxy) is 1. The van der Waals surface area contributed by atoms with Crippen molar-refractivity contribution in [2.24, 2.45) is 0 Å². The van der Waals surface area contributed by atoms with Crippen LogP contribution in [0, 0.1) is 6.92 Å². The maximum atomic E-state index is 5.95. The average Bonchev–Trinajstić information content (AvgIpc) is 2.52.